The number of hydrogen-bond acceptors (Lipinski definition) is 8. The Morgan fingerprint density at radius 2 is 1.70 bits per heavy atom. The molecule has 8 heteroatoms. The van der Waals surface area contributed by atoms with Crippen LogP contribution in [0.1, 0.15) is 47.6 Å². The highest BCUT2D eigenvalue weighted by Gasteiger charge is 2.42. The van der Waals surface area contributed by atoms with E-state index in [4.69, 9.17) is 18.9 Å². The summed E-state index contributed by atoms with van der Waals surface area (Å²) in [6.07, 6.45) is 1.64. The number of Topliss-reactive ketones (excluding diaryl/α,β-unsaturated/α-hetero) is 1. The summed E-state index contributed by atoms with van der Waals surface area (Å²) in [5, 5.41) is 5.45. The molecule has 0 saturated carbocycles. The Labute approximate surface area is 238 Å². The molecule has 3 aromatic rings. The molecule has 2 heterocycles. The van der Waals surface area contributed by atoms with E-state index < -0.39 is 11.9 Å². The Balaban J connectivity index is 1.55. The van der Waals surface area contributed by atoms with Crippen molar-refractivity contribution < 1.29 is 28.5 Å². The molecule has 1 N–H and O–H groups in total. The van der Waals surface area contributed by atoms with E-state index >= 15 is 0 Å². The standard InChI is InChI=1S/C32H33NO6S/c1-19-28(32(35)39-13-12-20-9-6-5-7-10-20)29(22-17-25(36-2)31(38-4)26(18-22)37-3)30-23(33-19)15-21(16-24(30)34)27-11-8-14-40-27/h5-11,14,17-18,21,29,33H,12-13,15-16H2,1-4H3/t21-,29-/m0/s1. The molecule has 0 bridgehead atoms. The van der Waals surface area contributed by atoms with Crippen LogP contribution in [0.3, 0.4) is 0 Å². The first-order valence-electron chi connectivity index (χ1n) is 13.2. The van der Waals surface area contributed by atoms with E-state index in [-0.39, 0.29) is 18.3 Å². The van der Waals surface area contributed by atoms with Crippen molar-refractivity contribution in [2.75, 3.05) is 27.9 Å². The van der Waals surface area contributed by atoms with Gasteiger partial charge < -0.3 is 24.3 Å². The molecule has 1 aliphatic carbocycles. The molecule has 0 saturated heterocycles. The van der Waals surface area contributed by atoms with Crippen molar-refractivity contribution in [1.82, 2.24) is 5.32 Å². The molecule has 2 atom stereocenters. The van der Waals surface area contributed by atoms with Crippen molar-refractivity contribution >= 4 is 23.1 Å². The quantitative estimate of drug-likeness (QED) is 0.326. The zero-order valence-corrected chi connectivity index (χ0v) is 23.9. The van der Waals surface area contributed by atoms with Crippen molar-refractivity contribution in [3.8, 4) is 17.2 Å². The molecular formula is C32H33NO6S. The lowest BCUT2D eigenvalue weighted by Gasteiger charge is -2.36. The average Bonchev–Trinajstić information content (AvgIpc) is 3.51. The maximum Gasteiger partial charge on any atom is 0.336 e. The number of allylic oxidation sites excluding steroid dienone is 3. The van der Waals surface area contributed by atoms with Crippen LogP contribution in [0.15, 0.2) is 82.5 Å². The second-order valence-electron chi connectivity index (χ2n) is 9.86. The van der Waals surface area contributed by atoms with E-state index in [9.17, 15) is 9.59 Å². The molecule has 0 spiro atoms. The largest absolute Gasteiger partial charge is 0.493 e. The van der Waals surface area contributed by atoms with E-state index in [1.165, 1.54) is 4.88 Å². The summed E-state index contributed by atoms with van der Waals surface area (Å²) in [6, 6.07) is 17.6. The predicted octanol–water partition coefficient (Wildman–Crippen LogP) is 5.92. The van der Waals surface area contributed by atoms with E-state index in [0.29, 0.717) is 58.9 Å². The fourth-order valence-corrected chi connectivity index (χ4v) is 6.45. The van der Waals surface area contributed by atoms with Gasteiger partial charge in [-0.05, 0) is 48.1 Å². The van der Waals surface area contributed by atoms with Crippen molar-refractivity contribution in [2.24, 2.45) is 0 Å². The van der Waals surface area contributed by atoms with Crippen molar-refractivity contribution in [2.45, 2.75) is 38.0 Å². The minimum atomic E-state index is -0.647. The summed E-state index contributed by atoms with van der Waals surface area (Å²) >= 11 is 1.66. The van der Waals surface area contributed by atoms with Gasteiger partial charge in [0.05, 0.1) is 33.5 Å². The maximum absolute atomic E-state index is 13.9. The van der Waals surface area contributed by atoms with Gasteiger partial charge in [-0.2, -0.15) is 0 Å². The molecular weight excluding hydrogens is 526 g/mol. The Hall–Kier alpha value is -4.04. The zero-order valence-electron chi connectivity index (χ0n) is 23.1. The lowest BCUT2D eigenvalue weighted by molar-refractivity contribution is -0.139. The van der Waals surface area contributed by atoms with E-state index in [2.05, 4.69) is 11.4 Å². The molecule has 40 heavy (non-hydrogen) atoms. The number of hydrogen-bond donors (Lipinski definition) is 1. The van der Waals surface area contributed by atoms with Crippen molar-refractivity contribution in [3.05, 3.63) is 98.5 Å². The molecule has 0 radical (unpaired) electrons. The molecule has 208 valence electrons. The highest BCUT2D eigenvalue weighted by Crippen LogP contribution is 2.49. The number of nitrogens with one attached hydrogen (secondary N) is 1. The van der Waals surface area contributed by atoms with Crippen LogP contribution >= 0.6 is 11.3 Å². The molecule has 1 aliphatic heterocycles. The fourth-order valence-electron chi connectivity index (χ4n) is 5.62. The Morgan fingerprint density at radius 1 is 0.975 bits per heavy atom. The average molecular weight is 560 g/mol. The first kappa shape index (κ1) is 27.5. The van der Waals surface area contributed by atoms with Gasteiger partial charge in [-0.15, -0.1) is 11.3 Å². The summed E-state index contributed by atoms with van der Waals surface area (Å²) in [6.45, 7) is 2.09. The summed E-state index contributed by atoms with van der Waals surface area (Å²) in [5.41, 5.74) is 4.28. The maximum atomic E-state index is 13.9. The smallest absolute Gasteiger partial charge is 0.336 e. The Kier molecular flexibility index (Phi) is 8.26. The lowest BCUT2D eigenvalue weighted by Crippen LogP contribution is -2.36. The molecule has 5 rings (SSSR count). The van der Waals surface area contributed by atoms with E-state index in [1.807, 2.05) is 60.8 Å². The molecule has 0 unspecified atom stereocenters. The van der Waals surface area contributed by atoms with Gasteiger partial charge in [0, 0.05) is 46.5 Å². The van der Waals surface area contributed by atoms with Gasteiger partial charge in [0.25, 0.3) is 0 Å². The lowest BCUT2D eigenvalue weighted by atomic mass is 9.72. The molecule has 1 aromatic heterocycles. The van der Waals surface area contributed by atoms with Crippen LogP contribution in [-0.4, -0.2) is 39.7 Å². The van der Waals surface area contributed by atoms with Gasteiger partial charge in [-0.1, -0.05) is 36.4 Å². The zero-order chi connectivity index (χ0) is 28.2. The number of esters is 1. The van der Waals surface area contributed by atoms with Crippen LogP contribution in [0.4, 0.5) is 0 Å². The number of carbonyl (C=O) groups excluding carboxylic acids is 2. The fraction of sp³-hybridized carbons (Fsp3) is 0.312. The highest BCUT2D eigenvalue weighted by atomic mass is 32.1. The van der Waals surface area contributed by atoms with E-state index in [0.717, 1.165) is 11.3 Å². The first-order valence-corrected chi connectivity index (χ1v) is 14.1. The molecule has 2 aromatic carbocycles. The minimum Gasteiger partial charge on any atom is -0.493 e. The summed E-state index contributed by atoms with van der Waals surface area (Å²) in [5.74, 6) is 0.334. The molecule has 0 fully saturated rings. The summed E-state index contributed by atoms with van der Waals surface area (Å²) in [4.78, 5) is 28.8. The van der Waals surface area contributed by atoms with Crippen LogP contribution in [0.25, 0.3) is 0 Å². The third-order valence-corrected chi connectivity index (χ3v) is 8.51. The third-order valence-electron chi connectivity index (χ3n) is 7.48. The normalized spacial score (nSPS) is 18.6. The number of dihydropyridines is 1. The van der Waals surface area contributed by atoms with Crippen molar-refractivity contribution in [1.29, 1.82) is 0 Å². The number of rotatable bonds is 9. The SMILES string of the molecule is COc1cc([C@H]2C(C(=O)OCCc3ccccc3)=C(C)NC3=C2C(=O)C[C@@H](c2cccs2)C3)cc(OC)c1OC. The van der Waals surface area contributed by atoms with Gasteiger partial charge in [-0.25, -0.2) is 4.79 Å². The van der Waals surface area contributed by atoms with Gasteiger partial charge in [0.2, 0.25) is 5.75 Å². The topological polar surface area (TPSA) is 83.1 Å². The van der Waals surface area contributed by atoms with Gasteiger partial charge in [-0.3, -0.25) is 4.79 Å². The predicted molar refractivity (Wildman–Crippen MR) is 154 cm³/mol. The second-order valence-corrected chi connectivity index (χ2v) is 10.8. The van der Waals surface area contributed by atoms with Crippen LogP contribution in [-0.2, 0) is 20.7 Å². The Bertz CT molecular complexity index is 1430. The Morgan fingerprint density at radius 3 is 2.33 bits per heavy atom. The van der Waals surface area contributed by atoms with Crippen LogP contribution in [0.2, 0.25) is 0 Å². The monoisotopic (exact) mass is 559 g/mol. The van der Waals surface area contributed by atoms with Crippen LogP contribution in [0, 0.1) is 0 Å². The number of ketones is 1. The molecule has 0 amide bonds. The number of ether oxygens (including phenoxy) is 4. The summed E-state index contributed by atoms with van der Waals surface area (Å²) < 4.78 is 22.6. The van der Waals surface area contributed by atoms with Gasteiger partial charge in [0.1, 0.15) is 0 Å². The third kappa shape index (κ3) is 5.36. The van der Waals surface area contributed by atoms with E-state index in [1.54, 1.807) is 32.7 Å². The van der Waals surface area contributed by atoms with Gasteiger partial charge in [0.15, 0.2) is 17.3 Å². The molecule has 7 nitrogen and oxygen atoms in total. The number of benzene rings is 2. The highest BCUT2D eigenvalue weighted by molar-refractivity contribution is 7.10. The first-order chi connectivity index (χ1) is 19.4. The second kappa shape index (κ2) is 12.0. The number of methoxy groups -OCH3 is 3. The van der Waals surface area contributed by atoms with Crippen LogP contribution in [0.5, 0.6) is 17.2 Å². The van der Waals surface area contributed by atoms with Crippen molar-refractivity contribution in [3.63, 3.8) is 0 Å². The van der Waals surface area contributed by atoms with Gasteiger partial charge >= 0.3 is 5.97 Å². The summed E-state index contributed by atoms with van der Waals surface area (Å²) in [7, 11) is 4.64. The van der Waals surface area contributed by atoms with Crippen LogP contribution < -0.4 is 19.5 Å². The molecule has 2 aliphatic rings. The number of thiophene rings is 1. The minimum absolute atomic E-state index is 0.00740. The number of carbonyl (C=O) groups is 2.